The highest BCUT2D eigenvalue weighted by Crippen LogP contribution is 2.27. The van der Waals surface area contributed by atoms with Crippen molar-refractivity contribution in [3.63, 3.8) is 0 Å². The molecule has 0 fully saturated rings. The van der Waals surface area contributed by atoms with Gasteiger partial charge in [0.1, 0.15) is 11.2 Å². The summed E-state index contributed by atoms with van der Waals surface area (Å²) in [4.78, 5) is 21.2. The standard InChI is InChI=1S/C16H14N4OS/c1-10-11(2)22-15-14(10)16(21)20-13(18-15)8-19(9-17-20)12-6-4-3-5-7-12/h3-7,9H,8H2,1-2H3. The van der Waals surface area contributed by atoms with E-state index in [0.717, 1.165) is 21.0 Å². The molecule has 1 aliphatic rings. The molecule has 3 heterocycles. The lowest BCUT2D eigenvalue weighted by molar-refractivity contribution is 0.694. The molecule has 0 aliphatic carbocycles. The van der Waals surface area contributed by atoms with E-state index in [4.69, 9.17) is 0 Å². The first-order valence-corrected chi connectivity index (χ1v) is 7.84. The minimum absolute atomic E-state index is 0.0780. The largest absolute Gasteiger partial charge is 0.323 e. The zero-order valence-electron chi connectivity index (χ0n) is 12.3. The minimum Gasteiger partial charge on any atom is -0.323 e. The van der Waals surface area contributed by atoms with Crippen LogP contribution in [-0.4, -0.2) is 16.0 Å². The first-order valence-electron chi connectivity index (χ1n) is 7.03. The van der Waals surface area contributed by atoms with E-state index >= 15 is 0 Å². The van der Waals surface area contributed by atoms with Crippen LogP contribution in [0.5, 0.6) is 0 Å². The fourth-order valence-corrected chi connectivity index (χ4v) is 3.67. The smallest absolute Gasteiger partial charge is 0.283 e. The Bertz CT molecular complexity index is 956. The molecule has 0 unspecified atom stereocenters. The van der Waals surface area contributed by atoms with Gasteiger partial charge in [-0.2, -0.15) is 9.78 Å². The van der Waals surface area contributed by atoms with Crippen molar-refractivity contribution in [1.82, 2.24) is 9.66 Å². The Hall–Kier alpha value is -2.47. The molecule has 0 amide bonds. The second kappa shape index (κ2) is 4.78. The second-order valence-corrected chi connectivity index (χ2v) is 6.51. The van der Waals surface area contributed by atoms with Gasteiger partial charge in [-0.05, 0) is 31.5 Å². The zero-order valence-corrected chi connectivity index (χ0v) is 13.1. The molecular formula is C16H14N4OS. The Morgan fingerprint density at radius 1 is 1.18 bits per heavy atom. The highest BCUT2D eigenvalue weighted by Gasteiger charge is 2.20. The SMILES string of the molecule is Cc1sc2nc3n(c(=O)c2c1C)N=CN(c1ccccc1)C3. The van der Waals surface area contributed by atoms with E-state index < -0.39 is 0 Å². The number of benzene rings is 1. The van der Waals surface area contributed by atoms with Crippen LogP contribution in [0.25, 0.3) is 10.2 Å². The molecule has 0 radical (unpaired) electrons. The van der Waals surface area contributed by atoms with Crippen molar-refractivity contribution in [3.8, 4) is 0 Å². The van der Waals surface area contributed by atoms with Gasteiger partial charge in [-0.3, -0.25) is 4.79 Å². The molecule has 0 saturated heterocycles. The molecule has 110 valence electrons. The van der Waals surface area contributed by atoms with Crippen LogP contribution < -0.4 is 10.5 Å². The molecule has 1 aliphatic heterocycles. The topological polar surface area (TPSA) is 50.5 Å². The van der Waals surface area contributed by atoms with Gasteiger partial charge in [0.15, 0.2) is 5.82 Å². The van der Waals surface area contributed by atoms with E-state index in [0.29, 0.717) is 17.8 Å². The van der Waals surface area contributed by atoms with E-state index in [1.54, 1.807) is 17.7 Å². The van der Waals surface area contributed by atoms with Gasteiger partial charge < -0.3 is 4.90 Å². The minimum atomic E-state index is -0.0780. The van der Waals surface area contributed by atoms with Crippen LogP contribution in [0, 0.1) is 13.8 Å². The summed E-state index contributed by atoms with van der Waals surface area (Å²) in [6, 6.07) is 9.96. The maximum absolute atomic E-state index is 12.6. The van der Waals surface area contributed by atoms with Crippen LogP contribution in [-0.2, 0) is 6.54 Å². The maximum Gasteiger partial charge on any atom is 0.283 e. The molecule has 0 N–H and O–H groups in total. The predicted octanol–water partition coefficient (Wildman–Crippen LogP) is 2.89. The quantitative estimate of drug-likeness (QED) is 0.694. The normalized spacial score (nSPS) is 13.6. The summed E-state index contributed by atoms with van der Waals surface area (Å²) in [6.45, 7) is 4.52. The molecule has 1 aromatic carbocycles. The lowest BCUT2D eigenvalue weighted by Crippen LogP contribution is -2.33. The summed E-state index contributed by atoms with van der Waals surface area (Å²) in [5.74, 6) is 0.671. The Balaban J connectivity index is 1.87. The molecular weight excluding hydrogens is 296 g/mol. The number of anilines is 1. The van der Waals surface area contributed by atoms with E-state index in [-0.39, 0.29) is 5.56 Å². The molecule has 0 atom stereocenters. The maximum atomic E-state index is 12.6. The molecule has 2 aromatic heterocycles. The van der Waals surface area contributed by atoms with Crippen LogP contribution in [0.4, 0.5) is 5.69 Å². The first kappa shape index (κ1) is 13.2. The number of aromatic nitrogens is 2. The molecule has 0 bridgehead atoms. The summed E-state index contributed by atoms with van der Waals surface area (Å²) in [6.07, 6.45) is 1.69. The Kier molecular flexibility index (Phi) is 2.87. The van der Waals surface area contributed by atoms with Gasteiger partial charge in [0, 0.05) is 10.6 Å². The molecule has 5 nitrogen and oxygen atoms in total. The Morgan fingerprint density at radius 2 is 1.95 bits per heavy atom. The van der Waals surface area contributed by atoms with Crippen LogP contribution in [0.3, 0.4) is 0 Å². The fourth-order valence-electron chi connectivity index (χ4n) is 2.63. The van der Waals surface area contributed by atoms with Gasteiger partial charge >= 0.3 is 0 Å². The van der Waals surface area contributed by atoms with Crippen molar-refractivity contribution in [1.29, 1.82) is 0 Å². The Morgan fingerprint density at radius 3 is 2.73 bits per heavy atom. The van der Waals surface area contributed by atoms with Crippen LogP contribution >= 0.6 is 11.3 Å². The van der Waals surface area contributed by atoms with Crippen LogP contribution in [0.1, 0.15) is 16.3 Å². The van der Waals surface area contributed by atoms with E-state index in [2.05, 4.69) is 10.1 Å². The van der Waals surface area contributed by atoms with E-state index in [1.165, 1.54) is 4.68 Å². The summed E-state index contributed by atoms with van der Waals surface area (Å²) >= 11 is 1.57. The molecule has 22 heavy (non-hydrogen) atoms. The van der Waals surface area contributed by atoms with Gasteiger partial charge in [0.25, 0.3) is 5.56 Å². The van der Waals surface area contributed by atoms with Crippen molar-refractivity contribution in [3.05, 3.63) is 57.0 Å². The number of fused-ring (bicyclic) bond motifs is 2. The molecule has 3 aromatic rings. The summed E-state index contributed by atoms with van der Waals surface area (Å²) in [5.41, 5.74) is 1.96. The van der Waals surface area contributed by atoms with E-state index in [1.807, 2.05) is 49.1 Å². The monoisotopic (exact) mass is 310 g/mol. The zero-order chi connectivity index (χ0) is 15.3. The van der Waals surface area contributed by atoms with Gasteiger partial charge in [0.2, 0.25) is 0 Å². The number of nitrogens with zero attached hydrogens (tertiary/aromatic N) is 4. The van der Waals surface area contributed by atoms with Crippen molar-refractivity contribution < 1.29 is 0 Å². The molecule has 0 spiro atoms. The third-order valence-electron chi connectivity index (χ3n) is 3.95. The highest BCUT2D eigenvalue weighted by atomic mass is 32.1. The number of hydrogen-bond acceptors (Lipinski definition) is 5. The second-order valence-electron chi connectivity index (χ2n) is 5.30. The number of aryl methyl sites for hydroxylation is 2. The summed E-state index contributed by atoms with van der Waals surface area (Å²) in [7, 11) is 0. The average molecular weight is 310 g/mol. The Labute approximate surface area is 131 Å². The number of rotatable bonds is 1. The van der Waals surface area contributed by atoms with Gasteiger partial charge in [-0.25, -0.2) is 4.98 Å². The van der Waals surface area contributed by atoms with E-state index in [9.17, 15) is 4.79 Å². The van der Waals surface area contributed by atoms with Gasteiger partial charge in [-0.1, -0.05) is 18.2 Å². The van der Waals surface area contributed by atoms with Gasteiger partial charge in [0.05, 0.1) is 11.9 Å². The van der Waals surface area contributed by atoms with Crippen molar-refractivity contribution in [2.45, 2.75) is 20.4 Å². The first-order chi connectivity index (χ1) is 10.6. The number of hydrogen-bond donors (Lipinski definition) is 0. The summed E-state index contributed by atoms with van der Waals surface area (Å²) < 4.78 is 1.42. The van der Waals surface area contributed by atoms with Crippen LogP contribution in [0.2, 0.25) is 0 Å². The van der Waals surface area contributed by atoms with Crippen LogP contribution in [0.15, 0.2) is 40.2 Å². The number of para-hydroxylation sites is 1. The third kappa shape index (κ3) is 1.88. The fraction of sp³-hybridized carbons (Fsp3) is 0.188. The van der Waals surface area contributed by atoms with Crippen molar-refractivity contribution >= 4 is 33.6 Å². The van der Waals surface area contributed by atoms with Crippen molar-refractivity contribution in [2.24, 2.45) is 5.10 Å². The lowest BCUT2D eigenvalue weighted by atomic mass is 10.2. The van der Waals surface area contributed by atoms with Gasteiger partial charge in [-0.15, -0.1) is 11.3 Å². The molecule has 4 rings (SSSR count). The lowest BCUT2D eigenvalue weighted by Gasteiger charge is -2.23. The third-order valence-corrected chi connectivity index (χ3v) is 5.06. The summed E-state index contributed by atoms with van der Waals surface area (Å²) in [5, 5.41) is 4.99. The number of thiophene rings is 1. The average Bonchev–Trinajstić information content (AvgIpc) is 2.82. The highest BCUT2D eigenvalue weighted by molar-refractivity contribution is 7.18. The molecule has 0 saturated carbocycles. The predicted molar refractivity (Wildman–Crippen MR) is 89.9 cm³/mol. The van der Waals surface area contributed by atoms with Crippen molar-refractivity contribution in [2.75, 3.05) is 4.90 Å². The molecule has 6 heteroatoms.